The summed E-state index contributed by atoms with van der Waals surface area (Å²) in [4.78, 5) is 4.54. The highest BCUT2D eigenvalue weighted by atomic mass is 127. The number of halogens is 1. The van der Waals surface area contributed by atoms with Gasteiger partial charge >= 0.3 is 0 Å². The largest absolute Gasteiger partial charge is 0.370 e. The number of anilines is 1. The minimum absolute atomic E-state index is 0. The van der Waals surface area contributed by atoms with Crippen LogP contribution in [0.4, 0.5) is 5.69 Å². The van der Waals surface area contributed by atoms with Crippen LogP contribution in [0.3, 0.4) is 0 Å². The third-order valence-corrected chi connectivity index (χ3v) is 4.25. The van der Waals surface area contributed by atoms with Crippen LogP contribution in [0.25, 0.3) is 0 Å². The molecule has 0 aliphatic heterocycles. The highest BCUT2D eigenvalue weighted by Gasteiger charge is 2.26. The van der Waals surface area contributed by atoms with Gasteiger partial charge in [0.05, 0.1) is 6.04 Å². The van der Waals surface area contributed by atoms with Crippen LogP contribution in [0.5, 0.6) is 0 Å². The molecule has 0 saturated heterocycles. The second-order valence-electron chi connectivity index (χ2n) is 5.60. The molecule has 1 saturated carbocycles. The Morgan fingerprint density at radius 2 is 2.05 bits per heavy atom. The van der Waals surface area contributed by atoms with Crippen molar-refractivity contribution in [3.8, 4) is 0 Å². The zero-order chi connectivity index (χ0) is 12.5. The van der Waals surface area contributed by atoms with Gasteiger partial charge in [-0.1, -0.05) is 13.0 Å². The van der Waals surface area contributed by atoms with Gasteiger partial charge in [0.25, 0.3) is 0 Å². The molecule has 0 radical (unpaired) electrons. The van der Waals surface area contributed by atoms with Crippen LogP contribution in [0.15, 0.2) is 23.2 Å². The van der Waals surface area contributed by atoms with Gasteiger partial charge in [0.2, 0.25) is 0 Å². The summed E-state index contributed by atoms with van der Waals surface area (Å²) >= 11 is 0. The number of aliphatic imine (C=N–C) groups is 1. The van der Waals surface area contributed by atoms with Crippen molar-refractivity contribution < 1.29 is 0 Å². The number of nitrogens with two attached hydrogens (primary N) is 1. The minimum atomic E-state index is 0. The first-order valence-electron chi connectivity index (χ1n) is 6.94. The van der Waals surface area contributed by atoms with E-state index in [0.29, 0.717) is 17.9 Å². The quantitative estimate of drug-likeness (QED) is 0.476. The fourth-order valence-electron chi connectivity index (χ4n) is 2.85. The van der Waals surface area contributed by atoms with Crippen molar-refractivity contribution in [1.82, 2.24) is 0 Å². The summed E-state index contributed by atoms with van der Waals surface area (Å²) in [6.07, 6.45) is 6.15. The Kier molecular flexibility index (Phi) is 4.71. The van der Waals surface area contributed by atoms with Crippen molar-refractivity contribution in [3.05, 3.63) is 29.3 Å². The van der Waals surface area contributed by atoms with Crippen LogP contribution in [0, 0.1) is 5.92 Å². The molecule has 1 fully saturated rings. The average molecular weight is 371 g/mol. The number of guanidine groups is 1. The topological polar surface area (TPSA) is 50.4 Å². The Hall–Kier alpha value is -0.780. The molecule has 0 aromatic heterocycles. The van der Waals surface area contributed by atoms with Gasteiger partial charge in [0.1, 0.15) is 0 Å². The second kappa shape index (κ2) is 6.11. The van der Waals surface area contributed by atoms with E-state index < -0.39 is 0 Å². The molecule has 0 amide bonds. The minimum Gasteiger partial charge on any atom is -0.370 e. The van der Waals surface area contributed by atoms with E-state index in [1.165, 1.54) is 43.2 Å². The molecule has 2 unspecified atom stereocenters. The summed E-state index contributed by atoms with van der Waals surface area (Å²) in [5, 5.41) is 3.22. The van der Waals surface area contributed by atoms with E-state index in [-0.39, 0.29) is 24.0 Å². The Bertz CT molecular complexity index is 484. The van der Waals surface area contributed by atoms with Crippen LogP contribution < -0.4 is 11.1 Å². The molecule has 104 valence electrons. The first-order chi connectivity index (χ1) is 8.72. The lowest BCUT2D eigenvalue weighted by molar-refractivity contribution is 0.284. The number of rotatable bonds is 2. The van der Waals surface area contributed by atoms with Gasteiger partial charge < -0.3 is 11.1 Å². The number of nitrogens with zero attached hydrogens (tertiary/aromatic N) is 1. The molecule has 3 nitrogen and oxygen atoms in total. The molecular weight excluding hydrogens is 349 g/mol. The number of benzene rings is 1. The van der Waals surface area contributed by atoms with Gasteiger partial charge in [0.15, 0.2) is 5.96 Å². The molecule has 3 N–H and O–H groups in total. The number of fused-ring (bicyclic) bond motifs is 1. The molecule has 1 aromatic rings. The third-order valence-electron chi connectivity index (χ3n) is 4.25. The molecule has 0 heterocycles. The Morgan fingerprint density at radius 1 is 1.26 bits per heavy atom. The lowest BCUT2D eigenvalue weighted by Gasteiger charge is -2.30. The van der Waals surface area contributed by atoms with E-state index in [1.54, 1.807) is 0 Å². The Labute approximate surface area is 132 Å². The van der Waals surface area contributed by atoms with E-state index in [1.807, 2.05) is 0 Å². The maximum absolute atomic E-state index is 5.96. The van der Waals surface area contributed by atoms with E-state index in [4.69, 9.17) is 5.73 Å². The van der Waals surface area contributed by atoms with E-state index in [9.17, 15) is 0 Å². The zero-order valence-corrected chi connectivity index (χ0v) is 13.7. The van der Waals surface area contributed by atoms with Crippen molar-refractivity contribution in [2.45, 2.75) is 45.1 Å². The Morgan fingerprint density at radius 3 is 2.74 bits per heavy atom. The molecule has 2 aliphatic rings. The summed E-state index contributed by atoms with van der Waals surface area (Å²) < 4.78 is 0. The fourth-order valence-corrected chi connectivity index (χ4v) is 2.85. The maximum Gasteiger partial charge on any atom is 0.193 e. The number of aryl methyl sites for hydroxylation is 2. The van der Waals surface area contributed by atoms with Crippen LogP contribution in [0.2, 0.25) is 0 Å². The fraction of sp³-hybridized carbons (Fsp3) is 0.533. The first-order valence-corrected chi connectivity index (χ1v) is 6.94. The summed E-state index contributed by atoms with van der Waals surface area (Å²) in [6, 6.07) is 6.96. The molecule has 0 spiro atoms. The van der Waals surface area contributed by atoms with Gasteiger partial charge in [0, 0.05) is 5.69 Å². The lowest BCUT2D eigenvalue weighted by atomic mass is 9.82. The van der Waals surface area contributed by atoms with E-state index in [0.717, 1.165) is 5.69 Å². The summed E-state index contributed by atoms with van der Waals surface area (Å²) in [6.45, 7) is 2.24. The van der Waals surface area contributed by atoms with Crippen LogP contribution >= 0.6 is 24.0 Å². The number of nitrogens with one attached hydrogen (secondary N) is 1. The average Bonchev–Trinajstić information content (AvgIpc) is 2.81. The van der Waals surface area contributed by atoms with Crippen LogP contribution in [-0.2, 0) is 12.8 Å². The van der Waals surface area contributed by atoms with Gasteiger partial charge in [-0.05, 0) is 61.3 Å². The highest BCUT2D eigenvalue weighted by Crippen LogP contribution is 2.29. The molecule has 3 rings (SSSR count). The monoisotopic (exact) mass is 371 g/mol. The number of hydrogen-bond acceptors (Lipinski definition) is 1. The smallest absolute Gasteiger partial charge is 0.193 e. The van der Waals surface area contributed by atoms with Crippen LogP contribution in [-0.4, -0.2) is 12.0 Å². The molecule has 1 aromatic carbocycles. The first kappa shape index (κ1) is 14.6. The Balaban J connectivity index is 0.00000133. The number of hydrogen-bond donors (Lipinski definition) is 2. The van der Waals surface area contributed by atoms with Crippen molar-refractivity contribution in [3.63, 3.8) is 0 Å². The summed E-state index contributed by atoms with van der Waals surface area (Å²) in [5.41, 5.74) is 9.99. The summed E-state index contributed by atoms with van der Waals surface area (Å²) in [7, 11) is 0. The van der Waals surface area contributed by atoms with Crippen molar-refractivity contribution >= 4 is 35.6 Å². The summed E-state index contributed by atoms with van der Waals surface area (Å²) in [5.74, 6) is 1.25. The maximum atomic E-state index is 5.96. The molecule has 0 bridgehead atoms. The molecular formula is C15H22IN3. The standard InChI is InChI=1S/C15H21N3.HI/c1-10-5-8-14(10)18-15(16)17-13-7-6-11-3-2-4-12(11)9-13;/h6-7,9-10,14H,2-5,8H2,1H3,(H3,16,17,18);1H. The molecule has 4 heteroatoms. The second-order valence-corrected chi connectivity index (χ2v) is 5.60. The highest BCUT2D eigenvalue weighted by molar-refractivity contribution is 14.0. The van der Waals surface area contributed by atoms with Crippen molar-refractivity contribution in [2.75, 3.05) is 5.32 Å². The van der Waals surface area contributed by atoms with Crippen LogP contribution in [0.1, 0.15) is 37.3 Å². The third kappa shape index (κ3) is 3.22. The van der Waals surface area contributed by atoms with E-state index in [2.05, 4.69) is 35.4 Å². The SMILES string of the molecule is CC1CCC1N=C(N)Nc1ccc2c(c1)CCC2.I. The van der Waals surface area contributed by atoms with Crippen molar-refractivity contribution in [2.24, 2.45) is 16.6 Å². The van der Waals surface area contributed by atoms with Crippen molar-refractivity contribution in [1.29, 1.82) is 0 Å². The predicted octanol–water partition coefficient (Wildman–Crippen LogP) is 3.32. The van der Waals surface area contributed by atoms with Gasteiger partial charge in [-0.15, -0.1) is 24.0 Å². The lowest BCUT2D eigenvalue weighted by Crippen LogP contribution is -2.32. The van der Waals surface area contributed by atoms with Gasteiger partial charge in [-0.3, -0.25) is 0 Å². The predicted molar refractivity (Wildman–Crippen MR) is 91.3 cm³/mol. The molecule has 2 atom stereocenters. The van der Waals surface area contributed by atoms with Gasteiger partial charge in [-0.2, -0.15) is 0 Å². The zero-order valence-electron chi connectivity index (χ0n) is 11.4. The molecule has 19 heavy (non-hydrogen) atoms. The molecule has 2 aliphatic carbocycles. The van der Waals surface area contributed by atoms with Gasteiger partial charge in [-0.25, -0.2) is 4.99 Å². The normalized spacial score (nSPS) is 25.2. The van der Waals surface area contributed by atoms with E-state index >= 15 is 0 Å².